The van der Waals surface area contributed by atoms with Gasteiger partial charge in [0.1, 0.15) is 6.33 Å². The molecule has 2 heterocycles. The average Bonchev–Trinajstić information content (AvgIpc) is 2.72. The van der Waals surface area contributed by atoms with Crippen molar-refractivity contribution in [3.8, 4) is 0 Å². The Kier molecular flexibility index (Phi) is 6.81. The number of carbonyl (C=O) groups excluding carboxylic acids is 1. The molecule has 0 spiro atoms. The third kappa shape index (κ3) is 5.03. The molecule has 160 valence electrons. The van der Waals surface area contributed by atoms with Crippen LogP contribution in [0.3, 0.4) is 0 Å². The largest absolute Gasteiger partial charge is 0.462 e. The van der Waals surface area contributed by atoms with Crippen LogP contribution in [0.15, 0.2) is 30.6 Å². The van der Waals surface area contributed by atoms with Gasteiger partial charge in [-0.2, -0.15) is 0 Å². The summed E-state index contributed by atoms with van der Waals surface area (Å²) >= 11 is 0. The summed E-state index contributed by atoms with van der Waals surface area (Å²) in [6, 6.07) is 6.75. The molecule has 1 saturated heterocycles. The number of nitrogens with one attached hydrogen (secondary N) is 1. The summed E-state index contributed by atoms with van der Waals surface area (Å²) in [4.78, 5) is 33.8. The first-order valence-electron chi connectivity index (χ1n) is 10.2. The minimum Gasteiger partial charge on any atom is -0.462 e. The molecule has 9 heteroatoms. The van der Waals surface area contributed by atoms with Gasteiger partial charge in [-0.1, -0.05) is 13.8 Å². The van der Waals surface area contributed by atoms with Crippen molar-refractivity contribution in [2.75, 3.05) is 23.4 Å². The van der Waals surface area contributed by atoms with Gasteiger partial charge in [0, 0.05) is 18.3 Å². The zero-order chi connectivity index (χ0) is 21.7. The number of rotatable bonds is 7. The molecule has 3 rings (SSSR count). The van der Waals surface area contributed by atoms with Crippen LogP contribution in [-0.4, -0.2) is 40.1 Å². The van der Waals surface area contributed by atoms with Crippen LogP contribution >= 0.6 is 0 Å². The van der Waals surface area contributed by atoms with Gasteiger partial charge >= 0.3 is 11.7 Å². The number of piperidine rings is 1. The standard InChI is InChI=1S/C21H27N5O4/c1-14(2)12-30-21(27)16-7-9-17(10-8-16)24-19-18(26(28)29)20(23-13-22-19)25-11-5-4-6-15(25)3/h7-10,13-15H,4-6,11-12H2,1-3H3,(H,22,23,24). The Bertz CT molecular complexity index is 901. The number of hydrogen-bond acceptors (Lipinski definition) is 8. The first-order valence-corrected chi connectivity index (χ1v) is 10.2. The number of carbonyl (C=O) groups is 1. The highest BCUT2D eigenvalue weighted by Gasteiger charge is 2.30. The molecule has 0 amide bonds. The summed E-state index contributed by atoms with van der Waals surface area (Å²) < 4.78 is 5.22. The van der Waals surface area contributed by atoms with E-state index in [2.05, 4.69) is 22.2 Å². The van der Waals surface area contributed by atoms with Crippen LogP contribution in [0.25, 0.3) is 0 Å². The van der Waals surface area contributed by atoms with Crippen molar-refractivity contribution in [2.45, 2.75) is 46.1 Å². The Labute approximate surface area is 175 Å². The molecule has 30 heavy (non-hydrogen) atoms. The van der Waals surface area contributed by atoms with Crippen molar-refractivity contribution < 1.29 is 14.5 Å². The highest BCUT2D eigenvalue weighted by atomic mass is 16.6. The van der Waals surface area contributed by atoms with E-state index in [0.717, 1.165) is 25.8 Å². The molecular formula is C21H27N5O4. The van der Waals surface area contributed by atoms with Gasteiger partial charge in [-0.15, -0.1) is 0 Å². The Hall–Kier alpha value is -3.23. The first kappa shape index (κ1) is 21.5. The van der Waals surface area contributed by atoms with E-state index in [1.165, 1.54) is 6.33 Å². The van der Waals surface area contributed by atoms with Crippen LogP contribution in [-0.2, 0) is 4.74 Å². The number of benzene rings is 1. The third-order valence-corrected chi connectivity index (χ3v) is 4.99. The van der Waals surface area contributed by atoms with Gasteiger partial charge in [-0.25, -0.2) is 14.8 Å². The number of ether oxygens (including phenoxy) is 1. The maximum Gasteiger partial charge on any atom is 0.353 e. The Morgan fingerprint density at radius 3 is 2.67 bits per heavy atom. The summed E-state index contributed by atoms with van der Waals surface area (Å²) in [7, 11) is 0. The van der Waals surface area contributed by atoms with E-state index in [1.54, 1.807) is 24.3 Å². The Morgan fingerprint density at radius 1 is 1.30 bits per heavy atom. The van der Waals surface area contributed by atoms with Crippen LogP contribution in [0.4, 0.5) is 23.0 Å². The first-order chi connectivity index (χ1) is 14.4. The molecule has 1 aromatic heterocycles. The number of esters is 1. The zero-order valence-corrected chi connectivity index (χ0v) is 17.5. The molecule has 0 saturated carbocycles. The van der Waals surface area contributed by atoms with Crippen LogP contribution in [0.2, 0.25) is 0 Å². The second-order valence-electron chi connectivity index (χ2n) is 7.88. The van der Waals surface area contributed by atoms with Crippen LogP contribution in [0.5, 0.6) is 0 Å². The highest BCUT2D eigenvalue weighted by molar-refractivity contribution is 5.90. The predicted octanol–water partition coefficient (Wildman–Crippen LogP) is 4.32. The molecular weight excluding hydrogens is 386 g/mol. The second-order valence-corrected chi connectivity index (χ2v) is 7.88. The fourth-order valence-corrected chi connectivity index (χ4v) is 3.40. The zero-order valence-electron chi connectivity index (χ0n) is 17.5. The highest BCUT2D eigenvalue weighted by Crippen LogP contribution is 2.36. The van der Waals surface area contributed by atoms with Gasteiger partial charge in [0.2, 0.25) is 11.6 Å². The SMILES string of the molecule is CC(C)COC(=O)c1ccc(Nc2ncnc(N3CCCCC3C)c2[N+](=O)[O-])cc1. The van der Waals surface area contributed by atoms with Gasteiger partial charge in [0.05, 0.1) is 17.1 Å². The molecule has 0 radical (unpaired) electrons. The van der Waals surface area contributed by atoms with Crippen LogP contribution < -0.4 is 10.2 Å². The number of aromatic nitrogens is 2. The van der Waals surface area contributed by atoms with E-state index in [0.29, 0.717) is 23.7 Å². The van der Waals surface area contributed by atoms with Gasteiger partial charge in [-0.05, 0) is 56.4 Å². The molecule has 9 nitrogen and oxygen atoms in total. The number of nitro groups is 1. The maximum absolute atomic E-state index is 12.1. The van der Waals surface area contributed by atoms with Crippen molar-refractivity contribution in [2.24, 2.45) is 5.92 Å². The van der Waals surface area contributed by atoms with Crippen molar-refractivity contribution in [3.05, 3.63) is 46.3 Å². The molecule has 0 bridgehead atoms. The summed E-state index contributed by atoms with van der Waals surface area (Å²) in [6.45, 7) is 7.06. The maximum atomic E-state index is 12.1. The lowest BCUT2D eigenvalue weighted by molar-refractivity contribution is -0.383. The fourth-order valence-electron chi connectivity index (χ4n) is 3.40. The fraction of sp³-hybridized carbons (Fsp3) is 0.476. The van der Waals surface area contributed by atoms with E-state index < -0.39 is 10.9 Å². The van der Waals surface area contributed by atoms with Crippen molar-refractivity contribution >= 4 is 29.0 Å². The van der Waals surface area contributed by atoms with Crippen LogP contribution in [0.1, 0.15) is 50.4 Å². The van der Waals surface area contributed by atoms with Gasteiger partial charge in [0.15, 0.2) is 0 Å². The molecule has 1 fully saturated rings. The van der Waals surface area contributed by atoms with Gasteiger partial charge in [0.25, 0.3) is 0 Å². The average molecular weight is 413 g/mol. The van der Waals surface area contributed by atoms with Crippen molar-refractivity contribution in [1.82, 2.24) is 9.97 Å². The van der Waals surface area contributed by atoms with Crippen molar-refractivity contribution in [1.29, 1.82) is 0 Å². The topological polar surface area (TPSA) is 110 Å². The number of anilines is 3. The lowest BCUT2D eigenvalue weighted by Crippen LogP contribution is -2.38. The predicted molar refractivity (Wildman–Crippen MR) is 114 cm³/mol. The number of hydrogen-bond donors (Lipinski definition) is 1. The summed E-state index contributed by atoms with van der Waals surface area (Å²) in [5.41, 5.74) is 0.850. The normalized spacial score (nSPS) is 16.4. The Morgan fingerprint density at radius 2 is 2.03 bits per heavy atom. The minimum absolute atomic E-state index is 0.123. The number of nitrogens with zero attached hydrogens (tertiary/aromatic N) is 4. The lowest BCUT2D eigenvalue weighted by atomic mass is 10.0. The summed E-state index contributed by atoms with van der Waals surface area (Å²) in [5, 5.41) is 14.8. The molecule has 1 unspecified atom stereocenters. The summed E-state index contributed by atoms with van der Waals surface area (Å²) in [6.07, 6.45) is 4.39. The summed E-state index contributed by atoms with van der Waals surface area (Å²) in [5.74, 6) is 0.311. The molecule has 1 aliphatic heterocycles. The van der Waals surface area contributed by atoms with E-state index in [1.807, 2.05) is 18.7 Å². The molecule has 1 aromatic carbocycles. The van der Waals surface area contributed by atoms with E-state index in [9.17, 15) is 14.9 Å². The van der Waals surface area contributed by atoms with E-state index in [-0.39, 0.29) is 23.5 Å². The molecule has 1 N–H and O–H groups in total. The van der Waals surface area contributed by atoms with Gasteiger partial charge in [-0.3, -0.25) is 10.1 Å². The third-order valence-electron chi connectivity index (χ3n) is 4.99. The quantitative estimate of drug-likeness (QED) is 0.406. The van der Waals surface area contributed by atoms with Gasteiger partial charge < -0.3 is 15.0 Å². The van der Waals surface area contributed by atoms with E-state index >= 15 is 0 Å². The lowest BCUT2D eigenvalue weighted by Gasteiger charge is -2.33. The molecule has 1 atom stereocenters. The molecule has 2 aromatic rings. The molecule has 0 aliphatic carbocycles. The van der Waals surface area contributed by atoms with Crippen LogP contribution in [0, 0.1) is 16.0 Å². The second kappa shape index (κ2) is 9.51. The van der Waals surface area contributed by atoms with E-state index in [4.69, 9.17) is 4.74 Å². The minimum atomic E-state index is -0.448. The molecule has 1 aliphatic rings. The smallest absolute Gasteiger partial charge is 0.353 e. The van der Waals surface area contributed by atoms with Crippen molar-refractivity contribution in [3.63, 3.8) is 0 Å². The monoisotopic (exact) mass is 413 g/mol. The Balaban J connectivity index is 1.82.